The Morgan fingerprint density at radius 3 is 1.41 bits per heavy atom. The van der Waals surface area contributed by atoms with Gasteiger partial charge in [-0.2, -0.15) is 0 Å². The lowest BCUT2D eigenvalue weighted by molar-refractivity contribution is 0.669. The van der Waals surface area contributed by atoms with Crippen LogP contribution in [0.25, 0.3) is 133 Å². The minimum absolute atomic E-state index is 0.841. The molecule has 0 unspecified atom stereocenters. The smallest absolute Gasteiger partial charge is 0.138 e. The van der Waals surface area contributed by atoms with Gasteiger partial charge in [-0.1, -0.05) is 182 Å². The molecule has 0 aliphatic carbocycles. The van der Waals surface area contributed by atoms with Crippen LogP contribution >= 0.6 is 0 Å². The van der Waals surface area contributed by atoms with Gasteiger partial charge < -0.3 is 8.98 Å². The van der Waals surface area contributed by atoms with E-state index in [0.29, 0.717) is 0 Å². The molecule has 9 aromatic carbocycles. The van der Waals surface area contributed by atoms with Gasteiger partial charge in [-0.25, -0.2) is 9.97 Å². The minimum atomic E-state index is 0.841. The summed E-state index contributed by atoms with van der Waals surface area (Å²) in [4.78, 5) is 11.0. The third kappa shape index (κ3) is 6.18. The monoisotopic (exact) mass is 880 g/mol. The maximum atomic E-state index is 6.32. The molecule has 0 bridgehead atoms. The van der Waals surface area contributed by atoms with Crippen LogP contribution in [0.2, 0.25) is 0 Å². The highest BCUT2D eigenvalue weighted by Gasteiger charge is 2.29. The van der Waals surface area contributed by atoms with Gasteiger partial charge in [-0.05, 0) is 71.8 Å². The van der Waals surface area contributed by atoms with Crippen molar-refractivity contribution in [2.24, 2.45) is 0 Å². The van der Waals surface area contributed by atoms with Gasteiger partial charge in [0.05, 0.1) is 44.8 Å². The maximum Gasteiger partial charge on any atom is 0.138 e. The van der Waals surface area contributed by atoms with Crippen LogP contribution in [0.1, 0.15) is 0 Å². The van der Waals surface area contributed by atoms with Gasteiger partial charge in [0.1, 0.15) is 17.0 Å². The summed E-state index contributed by atoms with van der Waals surface area (Å²) in [6, 6.07) is 86.2. The largest absolute Gasteiger partial charge is 0.456 e. The van der Waals surface area contributed by atoms with E-state index in [0.717, 1.165) is 122 Å². The SMILES string of the molecule is c1ccc(-c2cc(-n3c4ccccc4c4c(-c5ccccc5)c(-c5ccccc5)c5c6ccccc6n(-c6cccc(-c7ccccc7)n6)c5c43)cc(-c3ccc4oc5ccccc5c4c3)n2)cc1. The van der Waals surface area contributed by atoms with Gasteiger partial charge in [-0.15, -0.1) is 0 Å². The number of para-hydroxylation sites is 3. The summed E-state index contributed by atoms with van der Waals surface area (Å²) < 4.78 is 11.2. The maximum absolute atomic E-state index is 6.32. The Labute approximate surface area is 397 Å². The first kappa shape index (κ1) is 38.9. The fourth-order valence-electron chi connectivity index (χ4n) is 10.7. The summed E-state index contributed by atoms with van der Waals surface area (Å²) in [5, 5.41) is 6.77. The van der Waals surface area contributed by atoms with Crippen molar-refractivity contribution in [1.82, 2.24) is 19.1 Å². The van der Waals surface area contributed by atoms with Crippen LogP contribution in [0.4, 0.5) is 0 Å². The third-order valence-electron chi connectivity index (χ3n) is 13.7. The van der Waals surface area contributed by atoms with Crippen LogP contribution in [0, 0.1) is 0 Å². The Morgan fingerprint density at radius 1 is 0.304 bits per heavy atom. The number of hydrogen-bond donors (Lipinski definition) is 0. The van der Waals surface area contributed by atoms with E-state index in [1.807, 2.05) is 12.1 Å². The molecule has 0 saturated carbocycles. The molecule has 0 atom stereocenters. The molecule has 322 valence electrons. The summed E-state index contributed by atoms with van der Waals surface area (Å²) in [5.74, 6) is 0.841. The van der Waals surface area contributed by atoms with E-state index in [1.54, 1.807) is 0 Å². The van der Waals surface area contributed by atoms with E-state index in [1.165, 1.54) is 11.1 Å². The molecule has 5 aromatic heterocycles. The van der Waals surface area contributed by atoms with Crippen LogP contribution in [0.3, 0.4) is 0 Å². The summed E-state index contributed by atoms with van der Waals surface area (Å²) in [7, 11) is 0. The zero-order chi connectivity index (χ0) is 45.4. The van der Waals surface area contributed by atoms with Gasteiger partial charge in [0.2, 0.25) is 0 Å². The third-order valence-corrected chi connectivity index (χ3v) is 13.7. The van der Waals surface area contributed by atoms with Crippen molar-refractivity contribution in [2.45, 2.75) is 0 Å². The molecular formula is C64H40N4O. The number of benzene rings is 9. The predicted octanol–water partition coefficient (Wildman–Crippen LogP) is 16.9. The lowest BCUT2D eigenvalue weighted by Gasteiger charge is -2.19. The summed E-state index contributed by atoms with van der Waals surface area (Å²) in [6.45, 7) is 0. The molecule has 69 heavy (non-hydrogen) atoms. The Bertz CT molecular complexity index is 4280. The zero-order valence-electron chi connectivity index (χ0n) is 37.3. The molecule has 0 saturated heterocycles. The van der Waals surface area contributed by atoms with E-state index in [9.17, 15) is 0 Å². The van der Waals surface area contributed by atoms with Crippen LogP contribution in [-0.2, 0) is 0 Å². The standard InChI is InChI=1S/C64H40N4O/c1-5-20-41(21-6-1)51-31-19-35-58(66-51)68-55-33-17-14-30-49(55)62-60(44-26-11-4-12-27-44)59(43-24-9-3-10-25-43)61-48-29-13-16-32-54(48)67(63(61)64(62)68)46-39-52(42-22-7-2-8-23-42)65-53(40-46)45-36-37-57-50(38-45)47-28-15-18-34-56(47)69-57/h1-40H. The minimum Gasteiger partial charge on any atom is -0.456 e. The molecule has 0 amide bonds. The van der Waals surface area contributed by atoms with Crippen molar-refractivity contribution >= 4 is 65.6 Å². The van der Waals surface area contributed by atoms with E-state index in [2.05, 4.69) is 240 Å². The first-order valence-corrected chi connectivity index (χ1v) is 23.4. The summed E-state index contributed by atoms with van der Waals surface area (Å²) >= 11 is 0. The zero-order valence-corrected chi connectivity index (χ0v) is 37.3. The van der Waals surface area contributed by atoms with Gasteiger partial charge in [-0.3, -0.25) is 4.57 Å². The van der Waals surface area contributed by atoms with Gasteiger partial charge in [0, 0.05) is 60.1 Å². The first-order valence-electron chi connectivity index (χ1n) is 23.4. The Kier molecular flexibility index (Phi) is 8.83. The van der Waals surface area contributed by atoms with Gasteiger partial charge >= 0.3 is 0 Å². The fourth-order valence-corrected chi connectivity index (χ4v) is 10.7. The average molecular weight is 881 g/mol. The molecule has 14 aromatic rings. The highest BCUT2D eigenvalue weighted by atomic mass is 16.3. The molecule has 0 spiro atoms. The number of furan rings is 1. The average Bonchev–Trinajstić information content (AvgIpc) is 4.09. The highest BCUT2D eigenvalue weighted by Crippen LogP contribution is 2.52. The quantitative estimate of drug-likeness (QED) is 0.160. The number of fused-ring (bicyclic) bond motifs is 10. The van der Waals surface area contributed by atoms with Crippen LogP contribution in [-0.4, -0.2) is 19.1 Å². The molecule has 0 aliphatic heterocycles. The number of aromatic nitrogens is 4. The molecule has 0 N–H and O–H groups in total. The number of nitrogens with zero attached hydrogens (tertiary/aromatic N) is 4. The van der Waals surface area contributed by atoms with Crippen molar-refractivity contribution in [3.63, 3.8) is 0 Å². The summed E-state index contributed by atoms with van der Waals surface area (Å²) in [6.07, 6.45) is 0. The number of rotatable bonds is 7. The Morgan fingerprint density at radius 2 is 0.783 bits per heavy atom. The molecule has 5 heterocycles. The van der Waals surface area contributed by atoms with Crippen LogP contribution < -0.4 is 0 Å². The second-order valence-corrected chi connectivity index (χ2v) is 17.7. The second-order valence-electron chi connectivity index (χ2n) is 17.7. The first-order chi connectivity index (χ1) is 34.2. The van der Waals surface area contributed by atoms with Crippen molar-refractivity contribution in [1.29, 1.82) is 0 Å². The molecule has 14 rings (SSSR count). The van der Waals surface area contributed by atoms with Crippen molar-refractivity contribution in [3.8, 4) is 67.5 Å². The van der Waals surface area contributed by atoms with E-state index >= 15 is 0 Å². The lowest BCUT2D eigenvalue weighted by Crippen LogP contribution is -2.03. The van der Waals surface area contributed by atoms with Crippen molar-refractivity contribution in [2.75, 3.05) is 0 Å². The second kappa shape index (κ2) is 15.7. The van der Waals surface area contributed by atoms with E-state index < -0.39 is 0 Å². The fraction of sp³-hybridized carbons (Fsp3) is 0. The summed E-state index contributed by atoms with van der Waals surface area (Å²) in [5.41, 5.74) is 17.5. The van der Waals surface area contributed by atoms with Crippen LogP contribution in [0.5, 0.6) is 0 Å². The Hall–Kier alpha value is -9.32. The molecule has 5 nitrogen and oxygen atoms in total. The molecule has 0 fully saturated rings. The van der Waals surface area contributed by atoms with E-state index in [-0.39, 0.29) is 0 Å². The lowest BCUT2D eigenvalue weighted by atomic mass is 9.87. The van der Waals surface area contributed by atoms with Crippen molar-refractivity contribution in [3.05, 3.63) is 243 Å². The topological polar surface area (TPSA) is 48.8 Å². The number of hydrogen-bond acceptors (Lipinski definition) is 3. The van der Waals surface area contributed by atoms with E-state index in [4.69, 9.17) is 14.4 Å². The van der Waals surface area contributed by atoms with Gasteiger partial charge in [0.15, 0.2) is 0 Å². The van der Waals surface area contributed by atoms with Crippen LogP contribution in [0.15, 0.2) is 247 Å². The molecular weight excluding hydrogens is 841 g/mol. The van der Waals surface area contributed by atoms with Crippen molar-refractivity contribution < 1.29 is 4.42 Å². The molecule has 0 radical (unpaired) electrons. The normalized spacial score (nSPS) is 11.8. The highest BCUT2D eigenvalue weighted by molar-refractivity contribution is 6.33. The molecule has 5 heteroatoms. The Balaban J connectivity index is 1.19. The predicted molar refractivity (Wildman–Crippen MR) is 285 cm³/mol. The van der Waals surface area contributed by atoms with Gasteiger partial charge in [0.25, 0.3) is 0 Å². The number of pyridine rings is 2. The molecule has 0 aliphatic rings.